The normalized spacial score (nSPS) is 11.3. The van der Waals surface area contributed by atoms with Gasteiger partial charge in [0.05, 0.1) is 11.5 Å². The van der Waals surface area contributed by atoms with E-state index in [1.807, 2.05) is 6.92 Å². The lowest BCUT2D eigenvalue weighted by Gasteiger charge is -2.09. The molecule has 6 nitrogen and oxygen atoms in total. The number of hydrogen-bond acceptors (Lipinski definition) is 4. The molecule has 7 heteroatoms. The van der Waals surface area contributed by atoms with E-state index in [9.17, 15) is 13.2 Å². The highest BCUT2D eigenvalue weighted by molar-refractivity contribution is 7.89. The third-order valence-corrected chi connectivity index (χ3v) is 4.69. The van der Waals surface area contributed by atoms with Crippen molar-refractivity contribution >= 4 is 10.0 Å². The van der Waals surface area contributed by atoms with Crippen molar-refractivity contribution in [2.24, 2.45) is 0 Å². The zero-order valence-electron chi connectivity index (χ0n) is 12.9. The summed E-state index contributed by atoms with van der Waals surface area (Å²) in [5, 5.41) is 0. The summed E-state index contributed by atoms with van der Waals surface area (Å²) in [5.41, 5.74) is -0.0955. The Morgan fingerprint density at radius 3 is 2.52 bits per heavy atom. The summed E-state index contributed by atoms with van der Waals surface area (Å²) in [6, 6.07) is 11.2. The van der Waals surface area contributed by atoms with E-state index >= 15 is 0 Å². The fourth-order valence-corrected chi connectivity index (χ4v) is 3.14. The molecule has 0 bridgehead atoms. The SMILES string of the molecule is CCOc1ccc(S(=O)(=O)NCCCn2ccccc2=O)cc1. The van der Waals surface area contributed by atoms with Crippen molar-refractivity contribution in [3.8, 4) is 5.75 Å². The molecule has 0 unspecified atom stereocenters. The van der Waals surface area contributed by atoms with E-state index in [2.05, 4.69) is 4.72 Å². The minimum absolute atomic E-state index is 0.0955. The van der Waals surface area contributed by atoms with Crippen molar-refractivity contribution in [1.29, 1.82) is 0 Å². The fourth-order valence-electron chi connectivity index (χ4n) is 2.07. The molecule has 0 atom stereocenters. The lowest BCUT2D eigenvalue weighted by molar-refractivity contribution is 0.340. The Hall–Kier alpha value is -2.12. The molecular weight excluding hydrogens is 316 g/mol. The number of pyridine rings is 1. The van der Waals surface area contributed by atoms with Gasteiger partial charge in [0.15, 0.2) is 0 Å². The van der Waals surface area contributed by atoms with Gasteiger partial charge in [0.1, 0.15) is 5.75 Å². The van der Waals surface area contributed by atoms with Crippen LogP contribution in [0.4, 0.5) is 0 Å². The Kier molecular flexibility index (Phi) is 5.95. The van der Waals surface area contributed by atoms with Gasteiger partial charge < -0.3 is 9.30 Å². The average molecular weight is 336 g/mol. The summed E-state index contributed by atoms with van der Waals surface area (Å²) in [5.74, 6) is 0.634. The molecule has 0 aliphatic rings. The molecule has 2 aromatic rings. The summed E-state index contributed by atoms with van der Waals surface area (Å²) in [6.07, 6.45) is 2.21. The van der Waals surface area contributed by atoms with Gasteiger partial charge in [0.2, 0.25) is 15.6 Å². The van der Waals surface area contributed by atoms with Crippen molar-refractivity contribution < 1.29 is 13.2 Å². The summed E-state index contributed by atoms with van der Waals surface area (Å²) in [7, 11) is -3.55. The smallest absolute Gasteiger partial charge is 0.250 e. The number of sulfonamides is 1. The Labute approximate surface area is 135 Å². The monoisotopic (exact) mass is 336 g/mol. The fraction of sp³-hybridized carbons (Fsp3) is 0.312. The molecule has 1 heterocycles. The molecule has 0 spiro atoms. The third kappa shape index (κ3) is 4.94. The highest BCUT2D eigenvalue weighted by Gasteiger charge is 2.13. The van der Waals surface area contributed by atoms with Crippen molar-refractivity contribution in [3.05, 3.63) is 59.0 Å². The first-order valence-corrected chi connectivity index (χ1v) is 8.89. The topological polar surface area (TPSA) is 77.4 Å². The molecule has 0 aliphatic carbocycles. The van der Waals surface area contributed by atoms with Crippen molar-refractivity contribution in [2.45, 2.75) is 24.8 Å². The van der Waals surface area contributed by atoms with Gasteiger partial charge in [-0.1, -0.05) is 6.07 Å². The molecule has 0 radical (unpaired) electrons. The number of hydrogen-bond donors (Lipinski definition) is 1. The number of nitrogens with zero attached hydrogens (tertiary/aromatic N) is 1. The zero-order valence-corrected chi connectivity index (χ0v) is 13.8. The second-order valence-corrected chi connectivity index (χ2v) is 6.65. The van der Waals surface area contributed by atoms with Crippen LogP contribution in [0.25, 0.3) is 0 Å². The standard InChI is InChI=1S/C16H20N2O4S/c1-2-22-14-7-9-15(10-8-14)23(20,21)17-11-5-13-18-12-4-3-6-16(18)19/h3-4,6-10,12,17H,2,5,11,13H2,1H3. The minimum Gasteiger partial charge on any atom is -0.494 e. The maximum Gasteiger partial charge on any atom is 0.250 e. The lowest BCUT2D eigenvalue weighted by Crippen LogP contribution is -2.27. The number of aromatic nitrogens is 1. The maximum atomic E-state index is 12.2. The van der Waals surface area contributed by atoms with Crippen LogP contribution in [-0.2, 0) is 16.6 Å². The minimum atomic E-state index is -3.55. The predicted molar refractivity (Wildman–Crippen MR) is 88.1 cm³/mol. The Morgan fingerprint density at radius 1 is 1.13 bits per heavy atom. The molecule has 0 saturated carbocycles. The molecule has 0 fully saturated rings. The van der Waals surface area contributed by atoms with Crippen molar-refractivity contribution in [2.75, 3.05) is 13.2 Å². The van der Waals surface area contributed by atoms with E-state index in [0.29, 0.717) is 25.3 Å². The summed E-state index contributed by atoms with van der Waals surface area (Å²) < 4.78 is 33.7. The van der Waals surface area contributed by atoms with E-state index < -0.39 is 10.0 Å². The lowest BCUT2D eigenvalue weighted by atomic mass is 10.3. The first-order valence-electron chi connectivity index (χ1n) is 7.41. The van der Waals surface area contributed by atoms with Crippen LogP contribution < -0.4 is 15.0 Å². The summed E-state index contributed by atoms with van der Waals surface area (Å²) >= 11 is 0. The third-order valence-electron chi connectivity index (χ3n) is 3.21. The van der Waals surface area contributed by atoms with E-state index in [-0.39, 0.29) is 17.0 Å². The second-order valence-electron chi connectivity index (χ2n) is 4.89. The van der Waals surface area contributed by atoms with Gasteiger partial charge in [-0.05, 0) is 43.7 Å². The van der Waals surface area contributed by atoms with Crippen LogP contribution in [0.15, 0.2) is 58.4 Å². The van der Waals surface area contributed by atoms with E-state index in [0.717, 1.165) is 0 Å². The van der Waals surface area contributed by atoms with Gasteiger partial charge in [0, 0.05) is 25.4 Å². The zero-order chi connectivity index (χ0) is 16.7. The second kappa shape index (κ2) is 7.94. The molecule has 1 aromatic carbocycles. The summed E-state index contributed by atoms with van der Waals surface area (Å²) in [6.45, 7) is 3.12. The number of ether oxygens (including phenoxy) is 1. The van der Waals surface area contributed by atoms with Gasteiger partial charge in [-0.25, -0.2) is 13.1 Å². The Bertz CT molecular complexity index is 782. The summed E-state index contributed by atoms with van der Waals surface area (Å²) in [4.78, 5) is 11.7. The maximum absolute atomic E-state index is 12.2. The molecular formula is C16H20N2O4S. The largest absolute Gasteiger partial charge is 0.494 e. The Balaban J connectivity index is 1.89. The molecule has 1 N–H and O–H groups in total. The van der Waals surface area contributed by atoms with Crippen LogP contribution in [-0.4, -0.2) is 26.1 Å². The predicted octanol–water partition coefficient (Wildman–Crippen LogP) is 1.62. The number of benzene rings is 1. The average Bonchev–Trinajstić information content (AvgIpc) is 2.54. The van der Waals surface area contributed by atoms with Gasteiger partial charge in [-0.2, -0.15) is 0 Å². The Morgan fingerprint density at radius 2 is 1.87 bits per heavy atom. The van der Waals surface area contributed by atoms with Crippen molar-refractivity contribution in [3.63, 3.8) is 0 Å². The van der Waals surface area contributed by atoms with Crippen LogP contribution in [0.2, 0.25) is 0 Å². The van der Waals surface area contributed by atoms with E-state index in [1.54, 1.807) is 35.0 Å². The molecule has 0 saturated heterocycles. The van der Waals surface area contributed by atoms with Crippen molar-refractivity contribution in [1.82, 2.24) is 9.29 Å². The first-order chi connectivity index (χ1) is 11.0. The molecule has 124 valence electrons. The van der Waals surface area contributed by atoms with Crippen LogP contribution in [0, 0.1) is 0 Å². The van der Waals surface area contributed by atoms with Crippen LogP contribution in [0.5, 0.6) is 5.75 Å². The highest BCUT2D eigenvalue weighted by atomic mass is 32.2. The van der Waals surface area contributed by atoms with Crippen LogP contribution in [0.3, 0.4) is 0 Å². The first kappa shape index (κ1) is 17.2. The van der Waals surface area contributed by atoms with Crippen LogP contribution in [0.1, 0.15) is 13.3 Å². The van der Waals surface area contributed by atoms with Crippen LogP contribution >= 0.6 is 0 Å². The highest BCUT2D eigenvalue weighted by Crippen LogP contribution is 2.15. The number of nitrogens with one attached hydrogen (secondary N) is 1. The van der Waals surface area contributed by atoms with E-state index in [4.69, 9.17) is 4.74 Å². The number of aryl methyl sites for hydroxylation is 1. The van der Waals surface area contributed by atoms with Gasteiger partial charge >= 0.3 is 0 Å². The van der Waals surface area contributed by atoms with Gasteiger partial charge in [-0.3, -0.25) is 4.79 Å². The molecule has 1 aromatic heterocycles. The van der Waals surface area contributed by atoms with Gasteiger partial charge in [0.25, 0.3) is 0 Å². The van der Waals surface area contributed by atoms with Gasteiger partial charge in [-0.15, -0.1) is 0 Å². The number of rotatable bonds is 8. The molecule has 0 amide bonds. The van der Waals surface area contributed by atoms with E-state index in [1.165, 1.54) is 18.2 Å². The quantitative estimate of drug-likeness (QED) is 0.743. The molecule has 0 aliphatic heterocycles. The molecule has 23 heavy (non-hydrogen) atoms. The molecule has 2 rings (SSSR count).